The minimum Gasteiger partial charge on any atom is -0.478 e. The van der Waals surface area contributed by atoms with Crippen molar-refractivity contribution in [2.45, 2.75) is 31.9 Å². The first kappa shape index (κ1) is 12.2. The summed E-state index contributed by atoms with van der Waals surface area (Å²) in [5, 5.41) is 19.0. The molecule has 5 heteroatoms. The maximum absolute atomic E-state index is 11.1. The number of aromatic nitrogens is 2. The van der Waals surface area contributed by atoms with E-state index in [-0.39, 0.29) is 17.6 Å². The molecule has 0 spiro atoms. The van der Waals surface area contributed by atoms with Gasteiger partial charge in [-0.2, -0.15) is 0 Å². The summed E-state index contributed by atoms with van der Waals surface area (Å²) in [4.78, 5) is 15.3. The lowest BCUT2D eigenvalue weighted by molar-refractivity contribution is 0.0699. The van der Waals surface area contributed by atoms with E-state index in [1.807, 2.05) is 10.6 Å². The zero-order valence-corrected chi connectivity index (χ0v) is 10.5. The number of aliphatic hydroxyl groups excluding tert-OH is 1. The second-order valence-electron chi connectivity index (χ2n) is 5.13. The fourth-order valence-corrected chi connectivity index (χ4v) is 2.89. The number of para-hydroxylation sites is 1. The summed E-state index contributed by atoms with van der Waals surface area (Å²) in [5.74, 6) is -0.720. The van der Waals surface area contributed by atoms with Crippen LogP contribution in [0, 0.1) is 5.92 Å². The number of imidazole rings is 1. The monoisotopic (exact) mass is 260 g/mol. The van der Waals surface area contributed by atoms with E-state index in [1.54, 1.807) is 18.5 Å². The molecule has 0 bridgehead atoms. The van der Waals surface area contributed by atoms with Gasteiger partial charge < -0.3 is 14.8 Å². The topological polar surface area (TPSA) is 75.3 Å². The lowest BCUT2D eigenvalue weighted by Gasteiger charge is -2.15. The van der Waals surface area contributed by atoms with Crippen LogP contribution in [0.3, 0.4) is 0 Å². The van der Waals surface area contributed by atoms with Gasteiger partial charge in [-0.3, -0.25) is 0 Å². The minimum atomic E-state index is -0.961. The van der Waals surface area contributed by atoms with Gasteiger partial charge in [0.1, 0.15) is 5.52 Å². The van der Waals surface area contributed by atoms with E-state index in [0.717, 1.165) is 24.8 Å². The van der Waals surface area contributed by atoms with Crippen LogP contribution in [0.5, 0.6) is 0 Å². The third-order valence-electron chi connectivity index (χ3n) is 3.93. The molecule has 19 heavy (non-hydrogen) atoms. The van der Waals surface area contributed by atoms with E-state index in [0.29, 0.717) is 12.1 Å². The first-order valence-corrected chi connectivity index (χ1v) is 6.52. The molecule has 1 aliphatic rings. The van der Waals surface area contributed by atoms with Gasteiger partial charge in [0, 0.05) is 12.5 Å². The number of benzene rings is 1. The number of carbonyl (C=O) groups is 1. The second-order valence-corrected chi connectivity index (χ2v) is 5.13. The Morgan fingerprint density at radius 3 is 2.95 bits per heavy atom. The van der Waals surface area contributed by atoms with Gasteiger partial charge in [-0.25, -0.2) is 9.78 Å². The van der Waals surface area contributed by atoms with E-state index in [4.69, 9.17) is 5.11 Å². The molecule has 5 nitrogen and oxygen atoms in total. The summed E-state index contributed by atoms with van der Waals surface area (Å²) >= 11 is 0. The number of aromatic carboxylic acids is 1. The van der Waals surface area contributed by atoms with Crippen molar-refractivity contribution in [1.82, 2.24) is 9.55 Å². The summed E-state index contributed by atoms with van der Waals surface area (Å²) in [7, 11) is 0. The van der Waals surface area contributed by atoms with Gasteiger partial charge in [-0.1, -0.05) is 12.5 Å². The van der Waals surface area contributed by atoms with Gasteiger partial charge in [0.15, 0.2) is 0 Å². The number of aliphatic hydroxyl groups is 1. The van der Waals surface area contributed by atoms with E-state index >= 15 is 0 Å². The molecule has 2 N–H and O–H groups in total. The Morgan fingerprint density at radius 1 is 1.42 bits per heavy atom. The molecule has 0 amide bonds. The fourth-order valence-electron chi connectivity index (χ4n) is 2.89. The van der Waals surface area contributed by atoms with Crippen molar-refractivity contribution in [2.75, 3.05) is 0 Å². The lowest BCUT2D eigenvalue weighted by Crippen LogP contribution is -2.18. The van der Waals surface area contributed by atoms with E-state index in [1.165, 1.54) is 0 Å². The Labute approximate surface area is 110 Å². The van der Waals surface area contributed by atoms with Crippen LogP contribution in [0.2, 0.25) is 0 Å². The van der Waals surface area contributed by atoms with Crippen molar-refractivity contribution in [3.8, 4) is 0 Å². The van der Waals surface area contributed by atoms with Gasteiger partial charge in [-0.15, -0.1) is 0 Å². The number of carboxylic acids is 1. The molecule has 1 aliphatic carbocycles. The number of rotatable bonds is 3. The average molecular weight is 260 g/mol. The van der Waals surface area contributed by atoms with Gasteiger partial charge in [0.25, 0.3) is 0 Å². The SMILES string of the molecule is O=C(O)c1cccc2c1ncn2CC1CCCC1O. The second kappa shape index (κ2) is 4.66. The summed E-state index contributed by atoms with van der Waals surface area (Å²) in [6.07, 6.45) is 4.35. The van der Waals surface area contributed by atoms with Crippen LogP contribution >= 0.6 is 0 Å². The van der Waals surface area contributed by atoms with Crippen LogP contribution in [0.1, 0.15) is 29.6 Å². The molecule has 1 aromatic carbocycles. The predicted molar refractivity (Wildman–Crippen MR) is 70.0 cm³/mol. The predicted octanol–water partition coefficient (Wildman–Crippen LogP) is 1.90. The van der Waals surface area contributed by atoms with Crippen LogP contribution in [-0.4, -0.2) is 31.8 Å². The number of hydrogen-bond donors (Lipinski definition) is 2. The van der Waals surface area contributed by atoms with Crippen molar-refractivity contribution in [3.05, 3.63) is 30.1 Å². The average Bonchev–Trinajstić information content (AvgIpc) is 2.97. The molecule has 3 rings (SSSR count). The maximum Gasteiger partial charge on any atom is 0.337 e. The summed E-state index contributed by atoms with van der Waals surface area (Å²) in [6, 6.07) is 5.16. The fraction of sp³-hybridized carbons (Fsp3) is 0.429. The normalized spacial score (nSPS) is 23.0. The zero-order valence-electron chi connectivity index (χ0n) is 10.5. The highest BCUT2D eigenvalue weighted by Crippen LogP contribution is 2.28. The highest BCUT2D eigenvalue weighted by Gasteiger charge is 2.26. The molecule has 1 heterocycles. The summed E-state index contributed by atoms with van der Waals surface area (Å²) < 4.78 is 1.95. The van der Waals surface area contributed by atoms with Crippen LogP contribution in [-0.2, 0) is 6.54 Å². The molecule has 0 radical (unpaired) electrons. The third kappa shape index (κ3) is 2.10. The van der Waals surface area contributed by atoms with Crippen LogP contribution in [0.4, 0.5) is 0 Å². The molecule has 0 aliphatic heterocycles. The van der Waals surface area contributed by atoms with Crippen LogP contribution in [0.15, 0.2) is 24.5 Å². The molecule has 1 fully saturated rings. The van der Waals surface area contributed by atoms with Crippen molar-refractivity contribution in [2.24, 2.45) is 5.92 Å². The molecule has 0 saturated heterocycles. The first-order valence-electron chi connectivity index (χ1n) is 6.52. The van der Waals surface area contributed by atoms with Gasteiger partial charge >= 0.3 is 5.97 Å². The van der Waals surface area contributed by atoms with Crippen molar-refractivity contribution >= 4 is 17.0 Å². The Balaban J connectivity index is 1.97. The number of hydrogen-bond acceptors (Lipinski definition) is 3. The quantitative estimate of drug-likeness (QED) is 0.883. The largest absolute Gasteiger partial charge is 0.478 e. The molecule has 2 unspecified atom stereocenters. The van der Waals surface area contributed by atoms with E-state index in [9.17, 15) is 9.90 Å². The molecule has 2 atom stereocenters. The Morgan fingerprint density at radius 2 is 2.26 bits per heavy atom. The van der Waals surface area contributed by atoms with Crippen molar-refractivity contribution in [1.29, 1.82) is 0 Å². The van der Waals surface area contributed by atoms with Gasteiger partial charge in [0.05, 0.1) is 23.5 Å². The zero-order chi connectivity index (χ0) is 13.4. The highest BCUT2D eigenvalue weighted by atomic mass is 16.4. The lowest BCUT2D eigenvalue weighted by atomic mass is 10.1. The van der Waals surface area contributed by atoms with Crippen molar-refractivity contribution in [3.63, 3.8) is 0 Å². The smallest absolute Gasteiger partial charge is 0.337 e. The van der Waals surface area contributed by atoms with E-state index in [2.05, 4.69) is 4.98 Å². The Kier molecular flexibility index (Phi) is 2.98. The third-order valence-corrected chi connectivity index (χ3v) is 3.93. The molecule has 100 valence electrons. The molecular formula is C14H16N2O3. The number of carboxylic acid groups (broad SMARTS) is 1. The molecular weight excluding hydrogens is 244 g/mol. The standard InChI is InChI=1S/C14H16N2O3/c17-12-6-1-3-9(12)7-16-8-15-13-10(14(18)19)4-2-5-11(13)16/h2,4-5,8-9,12,17H,1,3,6-7H2,(H,18,19). The number of nitrogens with zero attached hydrogens (tertiary/aromatic N) is 2. The Bertz CT molecular complexity index is 620. The summed E-state index contributed by atoms with van der Waals surface area (Å²) in [5.41, 5.74) is 1.56. The minimum absolute atomic E-state index is 0.225. The van der Waals surface area contributed by atoms with Gasteiger partial charge in [0.2, 0.25) is 0 Å². The summed E-state index contributed by atoms with van der Waals surface area (Å²) in [6.45, 7) is 0.695. The molecule has 1 saturated carbocycles. The first-order chi connectivity index (χ1) is 9.16. The highest BCUT2D eigenvalue weighted by molar-refractivity contribution is 6.00. The van der Waals surface area contributed by atoms with Crippen LogP contribution in [0.25, 0.3) is 11.0 Å². The maximum atomic E-state index is 11.1. The van der Waals surface area contributed by atoms with E-state index < -0.39 is 5.97 Å². The molecule has 1 aromatic heterocycles. The van der Waals surface area contributed by atoms with Crippen molar-refractivity contribution < 1.29 is 15.0 Å². The van der Waals surface area contributed by atoms with Crippen LogP contribution < -0.4 is 0 Å². The van der Waals surface area contributed by atoms with Gasteiger partial charge in [-0.05, 0) is 25.0 Å². The number of fused-ring (bicyclic) bond motifs is 1. The Hall–Kier alpha value is -1.88. The molecule has 2 aromatic rings.